The first-order valence-corrected chi connectivity index (χ1v) is 6.48. The maximum Gasteiger partial charge on any atom is 0.162 e. The maximum absolute atomic E-state index is 11.4. The van der Waals surface area contributed by atoms with Crippen LogP contribution in [0.3, 0.4) is 0 Å². The molecule has 0 saturated carbocycles. The van der Waals surface area contributed by atoms with Gasteiger partial charge in [0.25, 0.3) is 0 Å². The van der Waals surface area contributed by atoms with Gasteiger partial charge in [-0.3, -0.25) is 9.59 Å². The van der Waals surface area contributed by atoms with Crippen LogP contribution < -0.4 is 0 Å². The van der Waals surface area contributed by atoms with Crippen molar-refractivity contribution in [1.29, 1.82) is 0 Å². The van der Waals surface area contributed by atoms with Gasteiger partial charge in [-0.05, 0) is 25.7 Å². The third-order valence-corrected chi connectivity index (χ3v) is 3.65. The van der Waals surface area contributed by atoms with E-state index >= 15 is 0 Å². The van der Waals surface area contributed by atoms with Gasteiger partial charge < -0.3 is 10.2 Å². The summed E-state index contributed by atoms with van der Waals surface area (Å²) in [6, 6.07) is 0. The van der Waals surface area contributed by atoms with Crippen LogP contribution in [0, 0.1) is 0 Å². The summed E-state index contributed by atoms with van der Waals surface area (Å²) in [5.41, 5.74) is 1.12. The largest absolute Gasteiger partial charge is 0.512 e. The van der Waals surface area contributed by atoms with Crippen molar-refractivity contribution in [2.24, 2.45) is 0 Å². The second-order valence-corrected chi connectivity index (χ2v) is 4.90. The van der Waals surface area contributed by atoms with E-state index in [0.29, 0.717) is 49.7 Å². The molecule has 0 fully saturated rings. The summed E-state index contributed by atoms with van der Waals surface area (Å²) in [7, 11) is 0. The van der Waals surface area contributed by atoms with Gasteiger partial charge in [-0.1, -0.05) is 0 Å². The number of unbranched alkanes of at least 4 members (excludes halogenated alkanes) is 1. The van der Waals surface area contributed by atoms with E-state index in [0.717, 1.165) is 12.8 Å². The van der Waals surface area contributed by atoms with Crippen LogP contribution in [0.5, 0.6) is 0 Å². The Kier molecular flexibility index (Phi) is 3.84. The minimum atomic E-state index is 0.0477. The molecule has 2 aliphatic carbocycles. The van der Waals surface area contributed by atoms with Crippen LogP contribution in [0.25, 0.3) is 0 Å². The average molecular weight is 250 g/mol. The van der Waals surface area contributed by atoms with Gasteiger partial charge >= 0.3 is 0 Å². The number of ketones is 2. The molecule has 0 aromatic heterocycles. The second kappa shape index (κ2) is 5.38. The minimum Gasteiger partial charge on any atom is -0.512 e. The van der Waals surface area contributed by atoms with Gasteiger partial charge in [0, 0.05) is 36.8 Å². The molecule has 4 nitrogen and oxygen atoms in total. The Morgan fingerprint density at radius 1 is 0.722 bits per heavy atom. The number of carbonyl (C=O) groups is 2. The first kappa shape index (κ1) is 12.9. The van der Waals surface area contributed by atoms with Crippen LogP contribution in [0.4, 0.5) is 0 Å². The first-order valence-electron chi connectivity index (χ1n) is 6.48. The molecule has 0 radical (unpaired) electrons. The first-order chi connectivity index (χ1) is 8.59. The van der Waals surface area contributed by atoms with E-state index in [-0.39, 0.29) is 23.1 Å². The molecule has 4 heteroatoms. The molecule has 0 atom stereocenters. The Morgan fingerprint density at radius 3 is 1.39 bits per heavy atom. The molecule has 0 saturated heterocycles. The normalized spacial score (nSPS) is 20.4. The third-order valence-electron chi connectivity index (χ3n) is 3.65. The molecule has 0 spiro atoms. The fourth-order valence-corrected chi connectivity index (χ4v) is 2.56. The molecule has 0 unspecified atom stereocenters. The van der Waals surface area contributed by atoms with Crippen molar-refractivity contribution in [1.82, 2.24) is 0 Å². The van der Waals surface area contributed by atoms with Gasteiger partial charge in [0.2, 0.25) is 0 Å². The van der Waals surface area contributed by atoms with Gasteiger partial charge in [-0.2, -0.15) is 0 Å². The van der Waals surface area contributed by atoms with Crippen molar-refractivity contribution in [2.45, 2.75) is 51.4 Å². The Morgan fingerprint density at radius 2 is 1.11 bits per heavy atom. The average Bonchev–Trinajstić information content (AvgIpc) is 2.82. The monoisotopic (exact) mass is 250 g/mol. The number of hydrogen-bond acceptors (Lipinski definition) is 4. The lowest BCUT2D eigenvalue weighted by atomic mass is 10.0. The Labute approximate surface area is 106 Å². The smallest absolute Gasteiger partial charge is 0.162 e. The van der Waals surface area contributed by atoms with Crippen LogP contribution in [0.1, 0.15) is 51.4 Å². The van der Waals surface area contributed by atoms with E-state index < -0.39 is 0 Å². The molecule has 0 aromatic rings. The number of carbonyl (C=O) groups excluding carboxylic acids is 2. The lowest BCUT2D eigenvalue weighted by molar-refractivity contribution is -0.115. The number of Topliss-reactive ketones (excluding diaryl/α,β-unsaturated/α-hetero) is 2. The number of allylic oxidation sites excluding steroid dienone is 4. The maximum atomic E-state index is 11.4. The highest BCUT2D eigenvalue weighted by Crippen LogP contribution is 2.28. The quantitative estimate of drug-likeness (QED) is 0.736. The highest BCUT2D eigenvalue weighted by molar-refractivity contribution is 5.98. The predicted octanol–water partition coefficient (Wildman–Crippen LogP) is 2.90. The fourth-order valence-electron chi connectivity index (χ4n) is 2.56. The summed E-state index contributed by atoms with van der Waals surface area (Å²) in [6.07, 6.45) is 4.46. The van der Waals surface area contributed by atoms with E-state index in [1.54, 1.807) is 0 Å². The molecule has 0 aliphatic heterocycles. The molecule has 0 bridgehead atoms. The van der Waals surface area contributed by atoms with Gasteiger partial charge in [0.1, 0.15) is 0 Å². The van der Waals surface area contributed by atoms with Crippen LogP contribution in [0.15, 0.2) is 22.7 Å². The van der Waals surface area contributed by atoms with Crippen LogP contribution >= 0.6 is 0 Å². The summed E-state index contributed by atoms with van der Waals surface area (Å²) >= 11 is 0. The molecule has 0 amide bonds. The number of hydrogen-bond donors (Lipinski definition) is 2. The van der Waals surface area contributed by atoms with Gasteiger partial charge in [-0.25, -0.2) is 0 Å². The zero-order valence-electron chi connectivity index (χ0n) is 10.4. The van der Waals surface area contributed by atoms with Crippen LogP contribution in [0.2, 0.25) is 0 Å². The number of aliphatic hydroxyl groups excluding tert-OH is 2. The lowest BCUT2D eigenvalue weighted by Gasteiger charge is -2.03. The van der Waals surface area contributed by atoms with E-state index in [4.69, 9.17) is 0 Å². The summed E-state index contributed by atoms with van der Waals surface area (Å²) in [5, 5.41) is 19.0. The van der Waals surface area contributed by atoms with Crippen molar-refractivity contribution in [3.63, 3.8) is 0 Å². The number of aliphatic hydroxyl groups is 2. The molecule has 2 N–H and O–H groups in total. The third kappa shape index (κ3) is 2.63. The molecule has 98 valence electrons. The Bertz CT molecular complexity index is 401. The molecule has 2 aliphatic rings. The Hall–Kier alpha value is -1.58. The number of rotatable bonds is 5. The topological polar surface area (TPSA) is 74.6 Å². The van der Waals surface area contributed by atoms with Gasteiger partial charge in [-0.15, -0.1) is 0 Å². The Balaban J connectivity index is 1.77. The molecule has 2 rings (SSSR count). The SMILES string of the molecule is O=C1CCC(O)=C1CCCCC1=C(O)CCC1=O. The highest BCUT2D eigenvalue weighted by Gasteiger charge is 2.23. The molecule has 0 aromatic carbocycles. The highest BCUT2D eigenvalue weighted by atomic mass is 16.3. The van der Waals surface area contributed by atoms with Crippen molar-refractivity contribution >= 4 is 11.6 Å². The van der Waals surface area contributed by atoms with E-state index in [2.05, 4.69) is 0 Å². The van der Waals surface area contributed by atoms with Crippen molar-refractivity contribution < 1.29 is 19.8 Å². The minimum absolute atomic E-state index is 0.0477. The summed E-state index contributed by atoms with van der Waals surface area (Å²) in [6.45, 7) is 0. The zero-order chi connectivity index (χ0) is 13.1. The van der Waals surface area contributed by atoms with E-state index in [1.807, 2.05) is 0 Å². The van der Waals surface area contributed by atoms with Crippen molar-refractivity contribution in [2.75, 3.05) is 0 Å². The standard InChI is InChI=1S/C14H18O4/c15-11-5-6-12(16)9(11)3-1-2-4-10-13(17)7-8-14(10)18/h15,17H,1-8H2. The van der Waals surface area contributed by atoms with E-state index in [1.165, 1.54) is 0 Å². The van der Waals surface area contributed by atoms with Gasteiger partial charge in [0.05, 0.1) is 11.5 Å². The molecular formula is C14H18O4. The van der Waals surface area contributed by atoms with Crippen LogP contribution in [-0.2, 0) is 9.59 Å². The fraction of sp³-hybridized carbons (Fsp3) is 0.571. The predicted molar refractivity (Wildman–Crippen MR) is 66.3 cm³/mol. The zero-order valence-corrected chi connectivity index (χ0v) is 10.4. The summed E-state index contributed by atoms with van der Waals surface area (Å²) in [5.74, 6) is 0.566. The van der Waals surface area contributed by atoms with Gasteiger partial charge in [0.15, 0.2) is 11.6 Å². The van der Waals surface area contributed by atoms with Crippen molar-refractivity contribution in [3.05, 3.63) is 22.7 Å². The lowest BCUT2D eigenvalue weighted by Crippen LogP contribution is -1.99. The van der Waals surface area contributed by atoms with Crippen molar-refractivity contribution in [3.8, 4) is 0 Å². The van der Waals surface area contributed by atoms with E-state index in [9.17, 15) is 19.8 Å². The summed E-state index contributed by atoms with van der Waals surface area (Å²) < 4.78 is 0. The summed E-state index contributed by atoms with van der Waals surface area (Å²) in [4.78, 5) is 22.8. The molecule has 18 heavy (non-hydrogen) atoms. The second-order valence-electron chi connectivity index (χ2n) is 4.90. The van der Waals surface area contributed by atoms with Crippen LogP contribution in [-0.4, -0.2) is 21.8 Å². The molecule has 0 heterocycles. The molecular weight excluding hydrogens is 232 g/mol.